The molecule has 2 aromatic carbocycles. The summed E-state index contributed by atoms with van der Waals surface area (Å²) in [6.45, 7) is -0.229. The van der Waals surface area contributed by atoms with Crippen LogP contribution < -0.4 is 5.32 Å². The van der Waals surface area contributed by atoms with E-state index in [-0.39, 0.29) is 30.5 Å². The molecular weight excluding hydrogens is 388 g/mol. The van der Waals surface area contributed by atoms with Gasteiger partial charge >= 0.3 is 5.97 Å². The number of rotatable bonds is 7. The summed E-state index contributed by atoms with van der Waals surface area (Å²) >= 11 is 0. The molecule has 150 valence electrons. The number of hydrogen-bond donors (Lipinski definition) is 1. The van der Waals surface area contributed by atoms with E-state index in [4.69, 9.17) is 9.15 Å². The van der Waals surface area contributed by atoms with Gasteiger partial charge in [0.1, 0.15) is 12.9 Å². The second-order valence-corrected chi connectivity index (χ2v) is 6.16. The number of anilines is 1. The third-order valence-corrected chi connectivity index (χ3v) is 4.06. The van der Waals surface area contributed by atoms with Gasteiger partial charge in [0.15, 0.2) is 12.4 Å². The number of nitrogens with zero attached hydrogens (tertiary/aromatic N) is 5. The number of nitrogens with one attached hydrogen (secondary N) is 1. The number of hydrogen-bond acceptors (Lipinski definition) is 8. The normalized spacial score (nSPS) is 10.5. The Hall–Kier alpha value is -4.34. The largest absolute Gasteiger partial charge is 0.452 e. The lowest BCUT2D eigenvalue weighted by Gasteiger charge is -2.10. The van der Waals surface area contributed by atoms with E-state index < -0.39 is 5.97 Å². The minimum absolute atomic E-state index is 0.0883. The smallest absolute Gasteiger partial charge is 0.340 e. The summed E-state index contributed by atoms with van der Waals surface area (Å²) in [7, 11) is 0. The monoisotopic (exact) mass is 404 g/mol. The van der Waals surface area contributed by atoms with Crippen LogP contribution in [-0.2, 0) is 22.7 Å². The molecule has 4 rings (SSSR count). The van der Waals surface area contributed by atoms with Gasteiger partial charge in [-0.2, -0.15) is 0 Å². The number of esters is 1. The third-order valence-electron chi connectivity index (χ3n) is 4.06. The zero-order valence-electron chi connectivity index (χ0n) is 15.6. The van der Waals surface area contributed by atoms with Crippen molar-refractivity contribution in [1.82, 2.24) is 25.2 Å². The molecule has 2 aromatic heterocycles. The number of para-hydroxylation sites is 1. The minimum atomic E-state index is -0.618. The molecule has 30 heavy (non-hydrogen) atoms. The molecule has 0 aliphatic rings. The van der Waals surface area contributed by atoms with Crippen LogP contribution >= 0.6 is 0 Å². The first-order valence-electron chi connectivity index (χ1n) is 8.96. The van der Waals surface area contributed by atoms with Gasteiger partial charge in [-0.3, -0.25) is 4.79 Å². The van der Waals surface area contributed by atoms with E-state index in [0.29, 0.717) is 11.4 Å². The van der Waals surface area contributed by atoms with Crippen molar-refractivity contribution in [2.24, 2.45) is 0 Å². The van der Waals surface area contributed by atoms with Gasteiger partial charge in [0.25, 0.3) is 0 Å². The Morgan fingerprint density at radius 2 is 1.87 bits per heavy atom. The quantitative estimate of drug-likeness (QED) is 0.465. The Labute approximate surface area is 170 Å². The zero-order valence-corrected chi connectivity index (χ0v) is 15.6. The van der Waals surface area contributed by atoms with Gasteiger partial charge in [0.05, 0.1) is 17.4 Å². The fourth-order valence-corrected chi connectivity index (χ4v) is 2.68. The van der Waals surface area contributed by atoms with Gasteiger partial charge in [-0.25, -0.2) is 14.5 Å². The number of oxazole rings is 1. The SMILES string of the molecule is O=C(Cn1cnnn1)Nc1ccccc1C(=O)OCc1ncc(-c2ccccc2)o1. The molecule has 0 saturated carbocycles. The van der Waals surface area contributed by atoms with E-state index in [1.807, 2.05) is 30.3 Å². The maximum absolute atomic E-state index is 12.5. The molecule has 1 amide bonds. The Morgan fingerprint density at radius 1 is 1.07 bits per heavy atom. The average Bonchev–Trinajstić information content (AvgIpc) is 3.45. The molecule has 1 N–H and O–H groups in total. The Bertz CT molecular complexity index is 1140. The second-order valence-electron chi connectivity index (χ2n) is 6.16. The highest BCUT2D eigenvalue weighted by molar-refractivity contribution is 6.01. The molecule has 2 heterocycles. The maximum Gasteiger partial charge on any atom is 0.340 e. The number of benzene rings is 2. The second kappa shape index (κ2) is 8.78. The van der Waals surface area contributed by atoms with Gasteiger partial charge in [-0.1, -0.05) is 42.5 Å². The summed E-state index contributed by atoms with van der Waals surface area (Å²) in [6, 6.07) is 16.0. The number of carbonyl (C=O) groups is 2. The molecule has 0 spiro atoms. The minimum Gasteiger partial charge on any atom is -0.452 e. The summed E-state index contributed by atoms with van der Waals surface area (Å²) in [4.78, 5) is 28.8. The zero-order chi connectivity index (χ0) is 20.8. The summed E-state index contributed by atoms with van der Waals surface area (Å²) < 4.78 is 12.2. The van der Waals surface area contributed by atoms with Crippen molar-refractivity contribution < 1.29 is 18.7 Å². The highest BCUT2D eigenvalue weighted by Gasteiger charge is 2.16. The standard InChI is InChI=1S/C20H16N6O4/c27-18(11-26-13-22-24-25-26)23-16-9-5-4-8-15(16)20(28)29-12-19-21-10-17(30-19)14-6-2-1-3-7-14/h1-10,13H,11-12H2,(H,23,27). The van der Waals surface area contributed by atoms with Gasteiger partial charge in [0.2, 0.25) is 11.8 Å². The molecule has 0 unspecified atom stereocenters. The maximum atomic E-state index is 12.5. The van der Waals surface area contributed by atoms with Crippen LogP contribution in [0.5, 0.6) is 0 Å². The van der Waals surface area contributed by atoms with E-state index in [2.05, 4.69) is 25.8 Å². The van der Waals surface area contributed by atoms with Crippen molar-refractivity contribution in [1.29, 1.82) is 0 Å². The van der Waals surface area contributed by atoms with Crippen molar-refractivity contribution in [3.8, 4) is 11.3 Å². The molecule has 0 saturated heterocycles. The predicted molar refractivity (Wildman–Crippen MR) is 104 cm³/mol. The first-order valence-corrected chi connectivity index (χ1v) is 8.96. The average molecular weight is 404 g/mol. The summed E-state index contributed by atoms with van der Waals surface area (Å²) in [5.74, 6) is -0.158. The summed E-state index contributed by atoms with van der Waals surface area (Å²) in [5, 5.41) is 13.2. The van der Waals surface area contributed by atoms with Crippen LogP contribution in [0.25, 0.3) is 11.3 Å². The Kier molecular flexibility index (Phi) is 5.56. The van der Waals surface area contributed by atoms with E-state index in [1.54, 1.807) is 30.5 Å². The summed E-state index contributed by atoms with van der Waals surface area (Å²) in [6.07, 6.45) is 2.89. The van der Waals surface area contributed by atoms with Crippen LogP contribution in [0, 0.1) is 0 Å². The van der Waals surface area contributed by atoms with Crippen molar-refractivity contribution >= 4 is 17.6 Å². The molecule has 0 aliphatic heterocycles. The van der Waals surface area contributed by atoms with Gasteiger partial charge in [-0.15, -0.1) is 5.10 Å². The fourth-order valence-electron chi connectivity index (χ4n) is 2.68. The lowest BCUT2D eigenvalue weighted by Crippen LogP contribution is -2.21. The van der Waals surface area contributed by atoms with E-state index in [1.165, 1.54) is 11.0 Å². The van der Waals surface area contributed by atoms with Crippen LogP contribution in [0.2, 0.25) is 0 Å². The number of amides is 1. The topological polar surface area (TPSA) is 125 Å². The predicted octanol–water partition coefficient (Wildman–Crippen LogP) is 2.32. The number of tetrazole rings is 1. The van der Waals surface area contributed by atoms with Crippen LogP contribution in [0.4, 0.5) is 5.69 Å². The lowest BCUT2D eigenvalue weighted by atomic mass is 10.2. The van der Waals surface area contributed by atoms with Gasteiger partial charge in [-0.05, 0) is 22.6 Å². The van der Waals surface area contributed by atoms with E-state index in [0.717, 1.165) is 5.56 Å². The van der Waals surface area contributed by atoms with E-state index in [9.17, 15) is 9.59 Å². The molecule has 10 nitrogen and oxygen atoms in total. The molecule has 4 aromatic rings. The molecule has 0 radical (unpaired) electrons. The number of carbonyl (C=O) groups excluding carboxylic acids is 2. The lowest BCUT2D eigenvalue weighted by molar-refractivity contribution is -0.116. The first kappa shape index (κ1) is 19.0. The molecule has 10 heteroatoms. The molecular formula is C20H16N6O4. The highest BCUT2D eigenvalue weighted by atomic mass is 16.5. The van der Waals surface area contributed by atoms with Crippen molar-refractivity contribution in [2.45, 2.75) is 13.2 Å². The Morgan fingerprint density at radius 3 is 2.67 bits per heavy atom. The molecule has 0 atom stereocenters. The highest BCUT2D eigenvalue weighted by Crippen LogP contribution is 2.21. The van der Waals surface area contributed by atoms with Gasteiger partial charge in [0, 0.05) is 5.56 Å². The van der Waals surface area contributed by atoms with Crippen molar-refractivity contribution in [2.75, 3.05) is 5.32 Å². The van der Waals surface area contributed by atoms with Crippen LogP contribution in [-0.4, -0.2) is 37.1 Å². The van der Waals surface area contributed by atoms with E-state index >= 15 is 0 Å². The summed E-state index contributed by atoms with van der Waals surface area (Å²) in [5.41, 5.74) is 1.40. The number of aromatic nitrogens is 5. The fraction of sp³-hybridized carbons (Fsp3) is 0.100. The molecule has 0 bridgehead atoms. The van der Waals surface area contributed by atoms with Crippen LogP contribution in [0.3, 0.4) is 0 Å². The van der Waals surface area contributed by atoms with Crippen LogP contribution in [0.15, 0.2) is 71.5 Å². The first-order chi connectivity index (χ1) is 14.7. The molecule has 0 fully saturated rings. The third kappa shape index (κ3) is 4.55. The number of ether oxygens (including phenoxy) is 1. The van der Waals surface area contributed by atoms with Crippen LogP contribution in [0.1, 0.15) is 16.2 Å². The molecule has 0 aliphatic carbocycles. The van der Waals surface area contributed by atoms with Gasteiger partial charge < -0.3 is 14.5 Å². The van der Waals surface area contributed by atoms with Crippen molar-refractivity contribution in [3.63, 3.8) is 0 Å². The van der Waals surface area contributed by atoms with Crippen molar-refractivity contribution in [3.05, 3.63) is 78.6 Å². The Balaban J connectivity index is 1.39.